The molecule has 1 aliphatic heterocycles. The predicted octanol–water partition coefficient (Wildman–Crippen LogP) is 3.10. The van der Waals surface area contributed by atoms with E-state index in [1.54, 1.807) is 12.1 Å². The number of hydrogen-bond acceptors (Lipinski definition) is 2. The van der Waals surface area contributed by atoms with Crippen molar-refractivity contribution in [3.8, 4) is 0 Å². The van der Waals surface area contributed by atoms with Gasteiger partial charge in [0.2, 0.25) is 0 Å². The maximum absolute atomic E-state index is 13.4. The standard InChI is InChI=1S/C15H23FN2/c1-2-14-5-3-4-10-18(14)15-7-6-13(16)11-12(15)8-9-17/h6-7,11,14H,2-5,8-10,17H2,1H3. The van der Waals surface area contributed by atoms with Gasteiger partial charge in [-0.2, -0.15) is 0 Å². The van der Waals surface area contributed by atoms with E-state index >= 15 is 0 Å². The van der Waals surface area contributed by atoms with Crippen molar-refractivity contribution in [1.82, 2.24) is 0 Å². The molecule has 18 heavy (non-hydrogen) atoms. The van der Waals surface area contributed by atoms with Crippen molar-refractivity contribution in [2.75, 3.05) is 18.0 Å². The number of anilines is 1. The molecule has 1 unspecified atom stereocenters. The van der Waals surface area contributed by atoms with Crippen LogP contribution in [0.3, 0.4) is 0 Å². The van der Waals surface area contributed by atoms with Crippen LogP contribution < -0.4 is 10.6 Å². The molecule has 0 saturated carbocycles. The van der Waals surface area contributed by atoms with Crippen molar-refractivity contribution in [1.29, 1.82) is 0 Å². The van der Waals surface area contributed by atoms with Gasteiger partial charge in [-0.1, -0.05) is 6.92 Å². The smallest absolute Gasteiger partial charge is 0.123 e. The summed E-state index contributed by atoms with van der Waals surface area (Å²) in [7, 11) is 0. The molecular weight excluding hydrogens is 227 g/mol. The molecule has 1 aromatic rings. The number of benzene rings is 1. The molecule has 1 heterocycles. The predicted molar refractivity (Wildman–Crippen MR) is 74.4 cm³/mol. The zero-order valence-corrected chi connectivity index (χ0v) is 11.2. The van der Waals surface area contributed by atoms with Gasteiger partial charge < -0.3 is 10.6 Å². The topological polar surface area (TPSA) is 29.3 Å². The Bertz CT molecular complexity index is 392. The SMILES string of the molecule is CCC1CCCCN1c1ccc(F)cc1CCN. The number of hydrogen-bond donors (Lipinski definition) is 1. The molecule has 1 aromatic carbocycles. The minimum atomic E-state index is -0.160. The molecule has 2 rings (SSSR count). The Morgan fingerprint density at radius 1 is 1.39 bits per heavy atom. The van der Waals surface area contributed by atoms with Gasteiger partial charge in [0.15, 0.2) is 0 Å². The summed E-state index contributed by atoms with van der Waals surface area (Å²) >= 11 is 0. The van der Waals surface area contributed by atoms with Crippen molar-refractivity contribution < 1.29 is 4.39 Å². The molecule has 1 saturated heterocycles. The van der Waals surface area contributed by atoms with Gasteiger partial charge in [0.05, 0.1) is 0 Å². The van der Waals surface area contributed by atoms with Crippen LogP contribution in [0.5, 0.6) is 0 Å². The fourth-order valence-corrected chi connectivity index (χ4v) is 2.93. The third-order valence-electron chi connectivity index (χ3n) is 3.86. The molecule has 0 radical (unpaired) electrons. The average Bonchev–Trinajstić information content (AvgIpc) is 2.39. The summed E-state index contributed by atoms with van der Waals surface area (Å²) in [5.41, 5.74) is 7.88. The first-order valence-electron chi connectivity index (χ1n) is 7.01. The number of nitrogens with two attached hydrogens (primary N) is 1. The second kappa shape index (κ2) is 6.19. The van der Waals surface area contributed by atoms with E-state index in [4.69, 9.17) is 5.73 Å². The molecule has 0 bridgehead atoms. The van der Waals surface area contributed by atoms with E-state index in [0.29, 0.717) is 12.6 Å². The number of piperidine rings is 1. The lowest BCUT2D eigenvalue weighted by atomic mass is 9.97. The lowest BCUT2D eigenvalue weighted by Crippen LogP contribution is -2.39. The normalized spacial score (nSPS) is 20.2. The molecule has 0 spiro atoms. The van der Waals surface area contributed by atoms with Gasteiger partial charge >= 0.3 is 0 Å². The Kier molecular flexibility index (Phi) is 4.59. The summed E-state index contributed by atoms with van der Waals surface area (Å²) in [4.78, 5) is 2.45. The van der Waals surface area contributed by atoms with Crippen LogP contribution in [0.25, 0.3) is 0 Å². The molecule has 1 fully saturated rings. The molecular formula is C15H23FN2. The quantitative estimate of drug-likeness (QED) is 0.889. The first-order chi connectivity index (χ1) is 8.76. The van der Waals surface area contributed by atoms with E-state index in [9.17, 15) is 4.39 Å². The highest BCUT2D eigenvalue weighted by Gasteiger charge is 2.22. The first kappa shape index (κ1) is 13.3. The van der Waals surface area contributed by atoms with Gasteiger partial charge in [0.1, 0.15) is 5.82 Å². The van der Waals surface area contributed by atoms with Gasteiger partial charge in [-0.15, -0.1) is 0 Å². The second-order valence-electron chi connectivity index (χ2n) is 5.06. The highest BCUT2D eigenvalue weighted by molar-refractivity contribution is 5.55. The molecule has 0 aliphatic carbocycles. The summed E-state index contributed by atoms with van der Waals surface area (Å²) in [5, 5.41) is 0. The van der Waals surface area contributed by atoms with Crippen LogP contribution in [0.2, 0.25) is 0 Å². The van der Waals surface area contributed by atoms with Crippen molar-refractivity contribution in [3.63, 3.8) is 0 Å². The number of halogens is 1. The van der Waals surface area contributed by atoms with Crippen LogP contribution in [-0.2, 0) is 6.42 Å². The zero-order valence-electron chi connectivity index (χ0n) is 11.2. The zero-order chi connectivity index (χ0) is 13.0. The Morgan fingerprint density at radius 2 is 2.22 bits per heavy atom. The Morgan fingerprint density at radius 3 is 2.94 bits per heavy atom. The van der Waals surface area contributed by atoms with Crippen molar-refractivity contribution >= 4 is 5.69 Å². The van der Waals surface area contributed by atoms with Crippen molar-refractivity contribution in [2.24, 2.45) is 5.73 Å². The molecule has 100 valence electrons. The maximum atomic E-state index is 13.4. The number of rotatable bonds is 4. The molecule has 2 nitrogen and oxygen atoms in total. The van der Waals surface area contributed by atoms with E-state index < -0.39 is 0 Å². The third kappa shape index (κ3) is 2.83. The van der Waals surface area contributed by atoms with Crippen molar-refractivity contribution in [3.05, 3.63) is 29.6 Å². The first-order valence-corrected chi connectivity index (χ1v) is 7.01. The number of nitrogens with zero attached hydrogens (tertiary/aromatic N) is 1. The van der Waals surface area contributed by atoms with E-state index in [1.807, 2.05) is 6.07 Å². The Balaban J connectivity index is 2.29. The summed E-state index contributed by atoms with van der Waals surface area (Å²) in [6.07, 6.45) is 5.69. The maximum Gasteiger partial charge on any atom is 0.123 e. The molecule has 2 N–H and O–H groups in total. The van der Waals surface area contributed by atoms with Crippen LogP contribution in [0.4, 0.5) is 10.1 Å². The fraction of sp³-hybridized carbons (Fsp3) is 0.600. The summed E-state index contributed by atoms with van der Waals surface area (Å²) in [6, 6.07) is 5.73. The van der Waals surface area contributed by atoms with Gasteiger partial charge in [-0.25, -0.2) is 4.39 Å². The second-order valence-corrected chi connectivity index (χ2v) is 5.06. The molecule has 0 amide bonds. The monoisotopic (exact) mass is 250 g/mol. The van der Waals surface area contributed by atoms with E-state index in [2.05, 4.69) is 11.8 Å². The van der Waals surface area contributed by atoms with Crippen LogP contribution in [0.15, 0.2) is 18.2 Å². The third-order valence-corrected chi connectivity index (χ3v) is 3.86. The summed E-state index contributed by atoms with van der Waals surface area (Å²) in [5.74, 6) is -0.160. The van der Waals surface area contributed by atoms with Gasteiger partial charge in [-0.3, -0.25) is 0 Å². The fourth-order valence-electron chi connectivity index (χ4n) is 2.93. The average molecular weight is 250 g/mol. The Labute approximate surface area is 109 Å². The lowest BCUT2D eigenvalue weighted by Gasteiger charge is -2.38. The van der Waals surface area contributed by atoms with Crippen LogP contribution in [-0.4, -0.2) is 19.1 Å². The minimum absolute atomic E-state index is 0.160. The lowest BCUT2D eigenvalue weighted by molar-refractivity contribution is 0.449. The van der Waals surface area contributed by atoms with Crippen LogP contribution in [0.1, 0.15) is 38.2 Å². The van der Waals surface area contributed by atoms with E-state index in [-0.39, 0.29) is 5.82 Å². The minimum Gasteiger partial charge on any atom is -0.368 e. The van der Waals surface area contributed by atoms with Gasteiger partial charge in [0, 0.05) is 18.3 Å². The molecule has 1 atom stereocenters. The van der Waals surface area contributed by atoms with Crippen molar-refractivity contribution in [2.45, 2.75) is 45.1 Å². The Hall–Kier alpha value is -1.09. The van der Waals surface area contributed by atoms with Crippen LogP contribution >= 0.6 is 0 Å². The highest BCUT2D eigenvalue weighted by Crippen LogP contribution is 2.30. The van der Waals surface area contributed by atoms with Gasteiger partial charge in [-0.05, 0) is 62.4 Å². The highest BCUT2D eigenvalue weighted by atomic mass is 19.1. The summed E-state index contributed by atoms with van der Waals surface area (Å²) in [6.45, 7) is 3.89. The molecule has 1 aliphatic rings. The molecule has 0 aromatic heterocycles. The molecule has 3 heteroatoms. The van der Waals surface area contributed by atoms with E-state index in [1.165, 1.54) is 24.9 Å². The van der Waals surface area contributed by atoms with E-state index in [0.717, 1.165) is 24.9 Å². The van der Waals surface area contributed by atoms with Crippen LogP contribution in [0, 0.1) is 5.82 Å². The largest absolute Gasteiger partial charge is 0.368 e. The summed E-state index contributed by atoms with van der Waals surface area (Å²) < 4.78 is 13.4. The van der Waals surface area contributed by atoms with Gasteiger partial charge in [0.25, 0.3) is 0 Å².